The SMILES string of the molecule is CC(C)S(=O)(=O)NC1CCC(C(=O)Nc2ccc(Br)cc2)CC1. The maximum absolute atomic E-state index is 12.3. The predicted molar refractivity (Wildman–Crippen MR) is 95.7 cm³/mol. The molecule has 0 bridgehead atoms. The highest BCUT2D eigenvalue weighted by Crippen LogP contribution is 2.26. The Hall–Kier alpha value is -0.920. The van der Waals surface area contributed by atoms with Gasteiger partial charge < -0.3 is 5.32 Å². The molecule has 1 aliphatic carbocycles. The standard InChI is InChI=1S/C16H23BrN2O3S/c1-11(2)23(21,22)19-15-7-3-12(4-8-15)16(20)18-14-9-5-13(17)6-10-14/h5-6,9-12,15,19H,3-4,7-8H2,1-2H3,(H,18,20). The molecule has 0 aliphatic heterocycles. The lowest BCUT2D eigenvalue weighted by Gasteiger charge is -2.28. The van der Waals surface area contributed by atoms with E-state index < -0.39 is 15.3 Å². The number of rotatable bonds is 5. The van der Waals surface area contributed by atoms with Crippen LogP contribution in [0.15, 0.2) is 28.7 Å². The van der Waals surface area contributed by atoms with Crippen LogP contribution in [0.25, 0.3) is 0 Å². The van der Waals surface area contributed by atoms with Gasteiger partial charge in [0, 0.05) is 22.1 Å². The zero-order valence-electron chi connectivity index (χ0n) is 13.4. The quantitative estimate of drug-likeness (QED) is 0.793. The largest absolute Gasteiger partial charge is 0.326 e. The van der Waals surface area contributed by atoms with Crippen LogP contribution in [0.3, 0.4) is 0 Å². The van der Waals surface area contributed by atoms with E-state index in [1.807, 2.05) is 24.3 Å². The molecule has 0 saturated heterocycles. The van der Waals surface area contributed by atoms with Crippen molar-refractivity contribution in [3.8, 4) is 0 Å². The second-order valence-electron chi connectivity index (χ2n) is 6.26. The molecule has 1 aromatic carbocycles. The lowest BCUT2D eigenvalue weighted by atomic mass is 9.86. The van der Waals surface area contributed by atoms with E-state index in [4.69, 9.17) is 0 Å². The van der Waals surface area contributed by atoms with E-state index in [0.29, 0.717) is 25.7 Å². The molecule has 23 heavy (non-hydrogen) atoms. The number of benzene rings is 1. The number of nitrogens with one attached hydrogen (secondary N) is 2. The maximum atomic E-state index is 12.3. The molecule has 2 N–H and O–H groups in total. The van der Waals surface area contributed by atoms with E-state index in [1.54, 1.807) is 13.8 Å². The molecule has 0 radical (unpaired) electrons. The summed E-state index contributed by atoms with van der Waals surface area (Å²) in [6, 6.07) is 7.41. The summed E-state index contributed by atoms with van der Waals surface area (Å²) in [5.74, 6) is -0.0454. The highest BCUT2D eigenvalue weighted by molar-refractivity contribution is 9.10. The Kier molecular flexibility index (Phi) is 6.22. The number of hydrogen-bond donors (Lipinski definition) is 2. The third-order valence-corrected chi connectivity index (χ3v) is 6.59. The first kappa shape index (κ1) is 18.4. The number of carbonyl (C=O) groups is 1. The Bertz CT molecular complexity index is 636. The molecule has 128 valence electrons. The minimum absolute atomic E-state index is 0.0116. The molecule has 1 aromatic rings. The van der Waals surface area contributed by atoms with Crippen LogP contribution in [0.4, 0.5) is 5.69 Å². The molecule has 5 nitrogen and oxygen atoms in total. The molecule has 1 amide bonds. The van der Waals surface area contributed by atoms with Crippen LogP contribution in [0, 0.1) is 5.92 Å². The van der Waals surface area contributed by atoms with Gasteiger partial charge in [-0.1, -0.05) is 15.9 Å². The van der Waals surface area contributed by atoms with Gasteiger partial charge in [0.1, 0.15) is 0 Å². The number of carbonyl (C=O) groups excluding carboxylic acids is 1. The van der Waals surface area contributed by atoms with Crippen molar-refractivity contribution >= 4 is 37.5 Å². The van der Waals surface area contributed by atoms with Crippen LogP contribution in [-0.2, 0) is 14.8 Å². The third-order valence-electron chi connectivity index (χ3n) is 4.16. The average molecular weight is 403 g/mol. The summed E-state index contributed by atoms with van der Waals surface area (Å²) in [7, 11) is -3.24. The fourth-order valence-electron chi connectivity index (χ4n) is 2.62. The number of hydrogen-bond acceptors (Lipinski definition) is 3. The van der Waals surface area contributed by atoms with Gasteiger partial charge in [0.2, 0.25) is 15.9 Å². The summed E-state index contributed by atoms with van der Waals surface area (Å²) in [6.07, 6.45) is 2.80. The second-order valence-corrected chi connectivity index (χ2v) is 9.44. The summed E-state index contributed by atoms with van der Waals surface area (Å²) in [4.78, 5) is 12.3. The van der Waals surface area contributed by atoms with Crippen LogP contribution in [0.2, 0.25) is 0 Å². The van der Waals surface area contributed by atoms with E-state index >= 15 is 0 Å². The molecule has 0 aromatic heterocycles. The molecule has 0 atom stereocenters. The molecule has 0 unspecified atom stereocenters. The monoisotopic (exact) mass is 402 g/mol. The van der Waals surface area contributed by atoms with Crippen molar-refractivity contribution in [1.29, 1.82) is 0 Å². The summed E-state index contributed by atoms with van der Waals surface area (Å²) in [5, 5.41) is 2.49. The zero-order valence-corrected chi connectivity index (χ0v) is 15.8. The number of halogens is 1. The van der Waals surface area contributed by atoms with Gasteiger partial charge in [0.15, 0.2) is 0 Å². The molecule has 2 rings (SSSR count). The minimum atomic E-state index is -3.24. The first-order valence-corrected chi connectivity index (χ1v) is 10.2. The highest BCUT2D eigenvalue weighted by Gasteiger charge is 2.29. The third kappa shape index (κ3) is 5.29. The Morgan fingerprint density at radius 3 is 2.22 bits per heavy atom. The van der Waals surface area contributed by atoms with Crippen molar-refractivity contribution in [2.75, 3.05) is 5.32 Å². The van der Waals surface area contributed by atoms with E-state index in [0.717, 1.165) is 10.2 Å². The Balaban J connectivity index is 1.84. The zero-order chi connectivity index (χ0) is 17.0. The summed E-state index contributed by atoms with van der Waals surface area (Å²) in [6.45, 7) is 3.33. The van der Waals surface area contributed by atoms with E-state index in [9.17, 15) is 13.2 Å². The van der Waals surface area contributed by atoms with Crippen molar-refractivity contribution in [2.24, 2.45) is 5.92 Å². The maximum Gasteiger partial charge on any atom is 0.227 e. The highest BCUT2D eigenvalue weighted by atomic mass is 79.9. The van der Waals surface area contributed by atoms with Gasteiger partial charge in [-0.3, -0.25) is 4.79 Å². The molecule has 0 spiro atoms. The van der Waals surface area contributed by atoms with Gasteiger partial charge in [-0.2, -0.15) is 0 Å². The first-order chi connectivity index (χ1) is 10.8. The lowest BCUT2D eigenvalue weighted by molar-refractivity contribution is -0.120. The first-order valence-electron chi connectivity index (χ1n) is 7.85. The average Bonchev–Trinajstić information content (AvgIpc) is 2.49. The number of amides is 1. The number of sulfonamides is 1. The summed E-state index contributed by atoms with van der Waals surface area (Å²) in [5.41, 5.74) is 0.779. The molecule has 0 heterocycles. The Labute approximate surface area is 146 Å². The van der Waals surface area contributed by atoms with Crippen molar-refractivity contribution in [2.45, 2.75) is 50.8 Å². The lowest BCUT2D eigenvalue weighted by Crippen LogP contribution is -2.42. The fourth-order valence-corrected chi connectivity index (χ4v) is 3.86. The molecule has 7 heteroatoms. The topological polar surface area (TPSA) is 75.3 Å². The van der Waals surface area contributed by atoms with Crippen LogP contribution >= 0.6 is 15.9 Å². The Morgan fingerprint density at radius 1 is 1.13 bits per heavy atom. The van der Waals surface area contributed by atoms with Crippen LogP contribution in [0.1, 0.15) is 39.5 Å². The molecular formula is C16H23BrN2O3S. The van der Waals surface area contributed by atoms with Gasteiger partial charge in [0.05, 0.1) is 5.25 Å². The van der Waals surface area contributed by atoms with Crippen LogP contribution in [-0.4, -0.2) is 25.6 Å². The smallest absolute Gasteiger partial charge is 0.227 e. The molecule has 1 fully saturated rings. The second kappa shape index (κ2) is 7.77. The minimum Gasteiger partial charge on any atom is -0.326 e. The van der Waals surface area contributed by atoms with Gasteiger partial charge in [0.25, 0.3) is 0 Å². The van der Waals surface area contributed by atoms with Crippen LogP contribution in [0.5, 0.6) is 0 Å². The normalized spacial score (nSPS) is 22.1. The molecular weight excluding hydrogens is 380 g/mol. The van der Waals surface area contributed by atoms with Crippen molar-refractivity contribution < 1.29 is 13.2 Å². The van der Waals surface area contributed by atoms with Crippen molar-refractivity contribution in [3.05, 3.63) is 28.7 Å². The van der Waals surface area contributed by atoms with Crippen molar-refractivity contribution in [3.63, 3.8) is 0 Å². The summed E-state index contributed by atoms with van der Waals surface area (Å²) >= 11 is 3.36. The Morgan fingerprint density at radius 2 is 1.70 bits per heavy atom. The van der Waals surface area contributed by atoms with Gasteiger partial charge in [-0.05, 0) is 63.8 Å². The van der Waals surface area contributed by atoms with E-state index in [1.165, 1.54) is 0 Å². The molecule has 1 aliphatic rings. The molecule has 1 saturated carbocycles. The van der Waals surface area contributed by atoms with Crippen LogP contribution < -0.4 is 10.0 Å². The van der Waals surface area contributed by atoms with Gasteiger partial charge >= 0.3 is 0 Å². The van der Waals surface area contributed by atoms with Gasteiger partial charge in [-0.15, -0.1) is 0 Å². The van der Waals surface area contributed by atoms with Gasteiger partial charge in [-0.25, -0.2) is 13.1 Å². The fraction of sp³-hybridized carbons (Fsp3) is 0.562. The van der Waals surface area contributed by atoms with Crippen molar-refractivity contribution in [1.82, 2.24) is 4.72 Å². The van der Waals surface area contributed by atoms with E-state index in [-0.39, 0.29) is 17.9 Å². The predicted octanol–water partition coefficient (Wildman–Crippen LogP) is 3.27. The van der Waals surface area contributed by atoms with E-state index in [2.05, 4.69) is 26.0 Å². The summed E-state index contributed by atoms with van der Waals surface area (Å²) < 4.78 is 27.5. The number of anilines is 1.